The third kappa shape index (κ3) is 8.39. The molecule has 2 aromatic rings. The molecule has 0 fully saturated rings. The molecular weight excluding hydrogens is 479 g/mol. The number of hydrogen-bond acceptors (Lipinski definition) is 4. The Morgan fingerprint density at radius 2 is 1.69 bits per heavy atom. The quantitative estimate of drug-likeness (QED) is 0.303. The number of para-hydroxylation sites is 2. The van der Waals surface area contributed by atoms with Crippen LogP contribution in [0.25, 0.3) is 0 Å². The van der Waals surface area contributed by atoms with E-state index in [4.69, 9.17) is 9.47 Å². The largest absolute Gasteiger partial charge is 0.493 e. The fourth-order valence-corrected chi connectivity index (χ4v) is 2.63. The van der Waals surface area contributed by atoms with Crippen molar-refractivity contribution in [1.29, 1.82) is 0 Å². The highest BCUT2D eigenvalue weighted by atomic mass is 127. The molecule has 0 aromatic heterocycles. The van der Waals surface area contributed by atoms with Crippen LogP contribution in [-0.4, -0.2) is 46.4 Å². The van der Waals surface area contributed by atoms with Gasteiger partial charge in [0.25, 0.3) is 0 Å². The van der Waals surface area contributed by atoms with E-state index in [1.807, 2.05) is 45.3 Å². The zero-order chi connectivity index (χ0) is 20.4. The lowest BCUT2D eigenvalue weighted by Crippen LogP contribution is -2.41. The molecule has 7 heteroatoms. The van der Waals surface area contributed by atoms with E-state index in [2.05, 4.69) is 51.7 Å². The van der Waals surface area contributed by atoms with Gasteiger partial charge in [0.1, 0.15) is 6.10 Å². The molecule has 0 aliphatic rings. The molecule has 0 amide bonds. The van der Waals surface area contributed by atoms with Crippen molar-refractivity contribution in [1.82, 2.24) is 10.6 Å². The second-order valence-corrected chi connectivity index (χ2v) is 6.72. The molecular formula is C22H33IN4O2. The van der Waals surface area contributed by atoms with E-state index in [9.17, 15) is 0 Å². The first kappa shape index (κ1) is 24.9. The maximum absolute atomic E-state index is 5.99. The lowest BCUT2D eigenvalue weighted by atomic mass is 10.2. The summed E-state index contributed by atoms with van der Waals surface area (Å²) in [7, 11) is 5.72. The summed E-state index contributed by atoms with van der Waals surface area (Å²) in [6.45, 7) is 6.11. The number of rotatable bonds is 9. The van der Waals surface area contributed by atoms with Crippen molar-refractivity contribution in [2.24, 2.45) is 4.99 Å². The summed E-state index contributed by atoms with van der Waals surface area (Å²) < 4.78 is 11.3. The molecule has 0 saturated heterocycles. The van der Waals surface area contributed by atoms with Crippen molar-refractivity contribution in [2.75, 3.05) is 39.2 Å². The second kappa shape index (κ2) is 13.1. The van der Waals surface area contributed by atoms with E-state index in [-0.39, 0.29) is 30.1 Å². The Bertz CT molecular complexity index is 751. The van der Waals surface area contributed by atoms with Crippen LogP contribution in [-0.2, 0) is 6.54 Å². The normalized spacial score (nSPS) is 11.8. The van der Waals surface area contributed by atoms with Crippen LogP contribution < -0.4 is 25.0 Å². The van der Waals surface area contributed by atoms with Crippen LogP contribution in [0.5, 0.6) is 11.5 Å². The molecule has 29 heavy (non-hydrogen) atoms. The van der Waals surface area contributed by atoms with Crippen LogP contribution in [0.15, 0.2) is 53.5 Å². The van der Waals surface area contributed by atoms with Crippen LogP contribution in [0, 0.1) is 0 Å². The number of halogens is 1. The Balaban J connectivity index is 0.00000420. The van der Waals surface area contributed by atoms with E-state index < -0.39 is 0 Å². The molecule has 0 heterocycles. The molecule has 2 aromatic carbocycles. The molecule has 1 unspecified atom stereocenters. The summed E-state index contributed by atoms with van der Waals surface area (Å²) in [5, 5.41) is 6.62. The topological polar surface area (TPSA) is 58.1 Å². The Morgan fingerprint density at radius 1 is 1.03 bits per heavy atom. The number of benzene rings is 2. The van der Waals surface area contributed by atoms with Crippen molar-refractivity contribution >= 4 is 35.6 Å². The fraction of sp³-hybridized carbons (Fsp3) is 0.409. The van der Waals surface area contributed by atoms with Gasteiger partial charge in [-0.1, -0.05) is 24.3 Å². The predicted octanol–water partition coefficient (Wildman–Crippen LogP) is 3.90. The van der Waals surface area contributed by atoms with Gasteiger partial charge in [-0.15, -0.1) is 24.0 Å². The zero-order valence-electron chi connectivity index (χ0n) is 17.9. The van der Waals surface area contributed by atoms with E-state index in [1.165, 1.54) is 11.3 Å². The van der Waals surface area contributed by atoms with Crippen LogP contribution in [0.1, 0.15) is 19.4 Å². The second-order valence-electron chi connectivity index (χ2n) is 6.72. The van der Waals surface area contributed by atoms with Gasteiger partial charge in [0.15, 0.2) is 17.5 Å². The van der Waals surface area contributed by atoms with Crippen LogP contribution >= 0.6 is 24.0 Å². The molecule has 0 bridgehead atoms. The number of methoxy groups -OCH3 is 1. The monoisotopic (exact) mass is 512 g/mol. The Morgan fingerprint density at radius 3 is 2.28 bits per heavy atom. The van der Waals surface area contributed by atoms with Crippen LogP contribution in [0.3, 0.4) is 0 Å². The third-order valence-electron chi connectivity index (χ3n) is 4.17. The molecule has 6 nitrogen and oxygen atoms in total. The van der Waals surface area contributed by atoms with E-state index >= 15 is 0 Å². The average Bonchev–Trinajstić information content (AvgIpc) is 2.70. The Kier molecular flexibility index (Phi) is 11.3. The first-order valence-electron chi connectivity index (χ1n) is 9.61. The van der Waals surface area contributed by atoms with Crippen LogP contribution in [0.2, 0.25) is 0 Å². The average molecular weight is 512 g/mol. The number of hydrogen-bond donors (Lipinski definition) is 2. The van der Waals surface area contributed by atoms with Gasteiger partial charge in [-0.05, 0) is 43.7 Å². The SMILES string of the molecule is CCNC(=NCc1ccc(N(C)C)cc1)NCC(C)Oc1ccccc1OC.I. The van der Waals surface area contributed by atoms with E-state index in [1.54, 1.807) is 7.11 Å². The first-order chi connectivity index (χ1) is 13.5. The lowest BCUT2D eigenvalue weighted by Gasteiger charge is -2.19. The van der Waals surface area contributed by atoms with Gasteiger partial charge in [0.2, 0.25) is 0 Å². The Labute approximate surface area is 191 Å². The van der Waals surface area contributed by atoms with Gasteiger partial charge in [-0.3, -0.25) is 0 Å². The van der Waals surface area contributed by atoms with Gasteiger partial charge in [0, 0.05) is 26.3 Å². The third-order valence-corrected chi connectivity index (χ3v) is 4.17. The molecule has 160 valence electrons. The fourth-order valence-electron chi connectivity index (χ4n) is 2.63. The maximum Gasteiger partial charge on any atom is 0.191 e. The number of aliphatic imine (C=N–C) groups is 1. The molecule has 2 N–H and O–H groups in total. The van der Waals surface area contributed by atoms with Gasteiger partial charge in [0.05, 0.1) is 20.2 Å². The lowest BCUT2D eigenvalue weighted by molar-refractivity contribution is 0.213. The summed E-state index contributed by atoms with van der Waals surface area (Å²) in [4.78, 5) is 6.76. The van der Waals surface area contributed by atoms with Gasteiger partial charge < -0.3 is 25.0 Å². The number of anilines is 1. The smallest absolute Gasteiger partial charge is 0.191 e. The summed E-state index contributed by atoms with van der Waals surface area (Å²) >= 11 is 0. The zero-order valence-corrected chi connectivity index (χ0v) is 20.3. The number of ether oxygens (including phenoxy) is 2. The number of guanidine groups is 1. The van der Waals surface area contributed by atoms with Crippen LogP contribution in [0.4, 0.5) is 5.69 Å². The first-order valence-corrected chi connectivity index (χ1v) is 9.61. The van der Waals surface area contributed by atoms with Crippen molar-refractivity contribution in [3.8, 4) is 11.5 Å². The van der Waals surface area contributed by atoms with E-state index in [0.29, 0.717) is 13.1 Å². The highest BCUT2D eigenvalue weighted by molar-refractivity contribution is 14.0. The minimum absolute atomic E-state index is 0. The Hall–Kier alpha value is -2.16. The van der Waals surface area contributed by atoms with Gasteiger partial charge in [-0.2, -0.15) is 0 Å². The molecule has 0 radical (unpaired) electrons. The molecule has 0 saturated carbocycles. The van der Waals surface area contributed by atoms with E-state index in [0.717, 1.165) is 24.0 Å². The van der Waals surface area contributed by atoms with Crippen molar-refractivity contribution in [3.63, 3.8) is 0 Å². The molecule has 2 rings (SSSR count). The minimum Gasteiger partial charge on any atom is -0.493 e. The highest BCUT2D eigenvalue weighted by Crippen LogP contribution is 2.26. The van der Waals surface area contributed by atoms with Gasteiger partial charge >= 0.3 is 0 Å². The van der Waals surface area contributed by atoms with Crippen molar-refractivity contribution < 1.29 is 9.47 Å². The summed E-state index contributed by atoms with van der Waals surface area (Å²) in [5.41, 5.74) is 2.35. The maximum atomic E-state index is 5.99. The van der Waals surface area contributed by atoms with Gasteiger partial charge in [-0.25, -0.2) is 4.99 Å². The summed E-state index contributed by atoms with van der Waals surface area (Å²) in [5.74, 6) is 2.24. The van der Waals surface area contributed by atoms with Crippen molar-refractivity contribution in [2.45, 2.75) is 26.5 Å². The van der Waals surface area contributed by atoms with Crippen molar-refractivity contribution in [3.05, 3.63) is 54.1 Å². The number of nitrogens with one attached hydrogen (secondary N) is 2. The molecule has 1 atom stereocenters. The number of nitrogens with zero attached hydrogens (tertiary/aromatic N) is 2. The minimum atomic E-state index is -0.0421. The predicted molar refractivity (Wildman–Crippen MR) is 132 cm³/mol. The highest BCUT2D eigenvalue weighted by Gasteiger charge is 2.09. The standard InChI is InChI=1S/C22H32N4O2.HI/c1-6-23-22(25-16-18-11-13-19(14-12-18)26(3)4)24-15-17(2)28-21-10-8-7-9-20(21)27-5;/h7-14,17H,6,15-16H2,1-5H3,(H2,23,24,25);1H. The molecule has 0 aliphatic heterocycles. The molecule has 0 spiro atoms. The summed E-state index contributed by atoms with van der Waals surface area (Å²) in [6, 6.07) is 16.1. The summed E-state index contributed by atoms with van der Waals surface area (Å²) in [6.07, 6.45) is -0.0421. The molecule has 0 aliphatic carbocycles.